The van der Waals surface area contributed by atoms with Crippen LogP contribution in [0.25, 0.3) is 0 Å². The van der Waals surface area contributed by atoms with Gasteiger partial charge in [0.2, 0.25) is 0 Å². The molecule has 0 N–H and O–H groups in total. The van der Waals surface area contributed by atoms with Gasteiger partial charge in [-0.05, 0) is 25.2 Å². The zero-order chi connectivity index (χ0) is 45.9. The highest BCUT2D eigenvalue weighted by atomic mass is 16.6. The molecule has 0 rings (SSSR count). The van der Waals surface area contributed by atoms with E-state index in [-0.39, 0.29) is 31.1 Å². The van der Waals surface area contributed by atoms with Crippen molar-refractivity contribution in [3.63, 3.8) is 0 Å². The number of carbonyl (C=O) groups is 3. The van der Waals surface area contributed by atoms with Gasteiger partial charge in [-0.1, -0.05) is 285 Å². The molecule has 374 valence electrons. The fourth-order valence-electron chi connectivity index (χ4n) is 8.75. The SMILES string of the molecule is CCCCCCCCCCCCCCCCC(=O)OC[C@H](COC(=O)CCCCCCCCCCCCCCCCCCCCC(C)C)OC(=O)CCCCCCCCCCCC. The third-order valence-corrected chi connectivity index (χ3v) is 13.0. The molecule has 1 atom stereocenters. The second-order valence-corrected chi connectivity index (χ2v) is 20.1. The summed E-state index contributed by atoms with van der Waals surface area (Å²) in [5, 5.41) is 0. The Bertz CT molecular complexity index is 949. The van der Waals surface area contributed by atoms with Gasteiger partial charge in [0.25, 0.3) is 0 Å². The first kappa shape index (κ1) is 61.4. The molecule has 0 aromatic carbocycles. The van der Waals surface area contributed by atoms with Gasteiger partial charge in [-0.2, -0.15) is 0 Å². The minimum Gasteiger partial charge on any atom is -0.462 e. The van der Waals surface area contributed by atoms with E-state index in [1.165, 1.54) is 218 Å². The van der Waals surface area contributed by atoms with Crippen LogP contribution >= 0.6 is 0 Å². The Labute approximate surface area is 393 Å². The zero-order valence-electron chi connectivity index (χ0n) is 43.0. The molecule has 0 bridgehead atoms. The Hall–Kier alpha value is -1.59. The maximum absolute atomic E-state index is 12.8. The summed E-state index contributed by atoms with van der Waals surface area (Å²) in [6, 6.07) is 0. The lowest BCUT2D eigenvalue weighted by Crippen LogP contribution is -2.30. The average Bonchev–Trinajstić information content (AvgIpc) is 3.27. The van der Waals surface area contributed by atoms with Gasteiger partial charge in [0.1, 0.15) is 13.2 Å². The maximum Gasteiger partial charge on any atom is 0.306 e. The lowest BCUT2D eigenvalue weighted by molar-refractivity contribution is -0.167. The van der Waals surface area contributed by atoms with E-state index in [1.54, 1.807) is 0 Å². The van der Waals surface area contributed by atoms with Gasteiger partial charge in [0.15, 0.2) is 6.10 Å². The van der Waals surface area contributed by atoms with E-state index in [9.17, 15) is 14.4 Å². The second-order valence-electron chi connectivity index (χ2n) is 20.1. The van der Waals surface area contributed by atoms with E-state index in [0.29, 0.717) is 19.3 Å². The summed E-state index contributed by atoms with van der Waals surface area (Å²) in [5.41, 5.74) is 0. The average molecular weight is 892 g/mol. The van der Waals surface area contributed by atoms with Gasteiger partial charge in [0, 0.05) is 19.3 Å². The van der Waals surface area contributed by atoms with Gasteiger partial charge in [-0.25, -0.2) is 0 Å². The first-order valence-corrected chi connectivity index (χ1v) is 28.4. The van der Waals surface area contributed by atoms with E-state index in [0.717, 1.165) is 63.7 Å². The maximum atomic E-state index is 12.8. The lowest BCUT2D eigenvalue weighted by Gasteiger charge is -2.18. The standard InChI is InChI=1S/C57H110O6/c1-5-7-9-11-13-15-17-18-26-29-33-36-40-44-48-55(58)61-51-54(63-57(60)50-46-42-38-32-16-14-12-10-8-6-2)52-62-56(59)49-45-41-37-34-30-27-24-22-20-19-21-23-25-28-31-35-39-43-47-53(3)4/h53-54H,5-52H2,1-4H3/t54-/m1/s1. The molecule has 0 saturated carbocycles. The van der Waals surface area contributed by atoms with Crippen molar-refractivity contribution < 1.29 is 28.6 Å². The molecule has 6 heteroatoms. The Kier molecular flexibility index (Phi) is 50.1. The van der Waals surface area contributed by atoms with Crippen molar-refractivity contribution in [3.8, 4) is 0 Å². The van der Waals surface area contributed by atoms with E-state index in [2.05, 4.69) is 27.7 Å². The van der Waals surface area contributed by atoms with E-state index in [1.807, 2.05) is 0 Å². The molecule has 0 heterocycles. The largest absolute Gasteiger partial charge is 0.462 e. The fourth-order valence-corrected chi connectivity index (χ4v) is 8.75. The number of unbranched alkanes of at least 4 members (excludes halogenated alkanes) is 39. The minimum atomic E-state index is -0.760. The van der Waals surface area contributed by atoms with Gasteiger partial charge in [-0.3, -0.25) is 14.4 Å². The second kappa shape index (κ2) is 51.4. The fraction of sp³-hybridized carbons (Fsp3) is 0.947. The number of hydrogen-bond acceptors (Lipinski definition) is 6. The van der Waals surface area contributed by atoms with Crippen LogP contribution in [0.1, 0.15) is 323 Å². The molecule has 6 nitrogen and oxygen atoms in total. The van der Waals surface area contributed by atoms with Crippen molar-refractivity contribution in [2.75, 3.05) is 13.2 Å². The van der Waals surface area contributed by atoms with Crippen molar-refractivity contribution in [3.05, 3.63) is 0 Å². The number of hydrogen-bond donors (Lipinski definition) is 0. The van der Waals surface area contributed by atoms with Crippen LogP contribution in [0.15, 0.2) is 0 Å². The number of esters is 3. The summed E-state index contributed by atoms with van der Waals surface area (Å²) in [7, 11) is 0. The van der Waals surface area contributed by atoms with E-state index >= 15 is 0 Å². The topological polar surface area (TPSA) is 78.9 Å². The Morgan fingerprint density at radius 3 is 0.778 bits per heavy atom. The molecule has 0 aliphatic carbocycles. The molecule has 0 radical (unpaired) electrons. The molecular formula is C57H110O6. The smallest absolute Gasteiger partial charge is 0.306 e. The summed E-state index contributed by atoms with van der Waals surface area (Å²) in [5.74, 6) is 0.0200. The van der Waals surface area contributed by atoms with Crippen molar-refractivity contribution in [1.82, 2.24) is 0 Å². The first-order chi connectivity index (χ1) is 30.9. The molecule has 0 spiro atoms. The van der Waals surface area contributed by atoms with Crippen LogP contribution < -0.4 is 0 Å². The Morgan fingerprint density at radius 2 is 0.524 bits per heavy atom. The van der Waals surface area contributed by atoms with Gasteiger partial charge in [-0.15, -0.1) is 0 Å². The number of ether oxygens (including phenoxy) is 3. The van der Waals surface area contributed by atoms with Crippen molar-refractivity contribution in [2.45, 2.75) is 329 Å². The predicted molar refractivity (Wildman–Crippen MR) is 270 cm³/mol. The van der Waals surface area contributed by atoms with Crippen molar-refractivity contribution in [1.29, 1.82) is 0 Å². The highest BCUT2D eigenvalue weighted by Gasteiger charge is 2.19. The molecule has 0 aliphatic heterocycles. The lowest BCUT2D eigenvalue weighted by atomic mass is 10.0. The number of carbonyl (C=O) groups excluding carboxylic acids is 3. The monoisotopic (exact) mass is 891 g/mol. The molecule has 0 amide bonds. The molecule has 0 fully saturated rings. The normalized spacial score (nSPS) is 12.0. The molecule has 0 saturated heterocycles. The van der Waals surface area contributed by atoms with Crippen LogP contribution in [0.4, 0.5) is 0 Å². The van der Waals surface area contributed by atoms with Gasteiger partial charge >= 0.3 is 17.9 Å². The summed E-state index contributed by atoms with van der Waals surface area (Å²) in [6.07, 6.45) is 55.3. The first-order valence-electron chi connectivity index (χ1n) is 28.4. The minimum absolute atomic E-state index is 0.0621. The molecule has 0 aromatic heterocycles. The van der Waals surface area contributed by atoms with Crippen LogP contribution in [0, 0.1) is 5.92 Å². The van der Waals surface area contributed by atoms with Crippen LogP contribution in [0.5, 0.6) is 0 Å². The van der Waals surface area contributed by atoms with E-state index in [4.69, 9.17) is 14.2 Å². The molecule has 0 unspecified atom stereocenters. The van der Waals surface area contributed by atoms with Crippen LogP contribution in [-0.2, 0) is 28.6 Å². The summed E-state index contributed by atoms with van der Waals surface area (Å²) in [4.78, 5) is 38.0. The predicted octanol–water partition coefficient (Wildman–Crippen LogP) is 18.6. The van der Waals surface area contributed by atoms with Crippen LogP contribution in [0.2, 0.25) is 0 Å². The summed E-state index contributed by atoms with van der Waals surface area (Å²) in [6.45, 7) is 9.06. The summed E-state index contributed by atoms with van der Waals surface area (Å²) < 4.78 is 16.8. The molecule has 63 heavy (non-hydrogen) atoms. The summed E-state index contributed by atoms with van der Waals surface area (Å²) >= 11 is 0. The van der Waals surface area contributed by atoms with Gasteiger partial charge in [0.05, 0.1) is 0 Å². The highest BCUT2D eigenvalue weighted by Crippen LogP contribution is 2.18. The third-order valence-electron chi connectivity index (χ3n) is 13.0. The molecule has 0 aliphatic rings. The van der Waals surface area contributed by atoms with Crippen molar-refractivity contribution >= 4 is 17.9 Å². The molecular weight excluding hydrogens is 781 g/mol. The van der Waals surface area contributed by atoms with E-state index < -0.39 is 6.10 Å². The third kappa shape index (κ3) is 51.3. The highest BCUT2D eigenvalue weighted by molar-refractivity contribution is 5.71. The Balaban J connectivity index is 4.18. The van der Waals surface area contributed by atoms with Crippen LogP contribution in [-0.4, -0.2) is 37.2 Å². The quantitative estimate of drug-likeness (QED) is 0.0344. The van der Waals surface area contributed by atoms with Gasteiger partial charge < -0.3 is 14.2 Å². The zero-order valence-corrected chi connectivity index (χ0v) is 43.0. The van der Waals surface area contributed by atoms with Crippen molar-refractivity contribution in [2.24, 2.45) is 5.92 Å². The Morgan fingerprint density at radius 1 is 0.302 bits per heavy atom. The van der Waals surface area contributed by atoms with Crippen LogP contribution in [0.3, 0.4) is 0 Å². The number of rotatable bonds is 52. The molecule has 0 aromatic rings.